The molecule has 2 aromatic rings. The highest BCUT2D eigenvalue weighted by Gasteiger charge is 2.19. The lowest BCUT2D eigenvalue weighted by molar-refractivity contribution is -0.140. The molecule has 1 atom stereocenters. The van der Waals surface area contributed by atoms with E-state index < -0.39 is 23.8 Å². The third-order valence-electron chi connectivity index (χ3n) is 3.67. The van der Waals surface area contributed by atoms with Gasteiger partial charge in [-0.1, -0.05) is 30.3 Å². The van der Waals surface area contributed by atoms with E-state index in [4.69, 9.17) is 9.84 Å². The number of rotatable bonds is 7. The van der Waals surface area contributed by atoms with Crippen molar-refractivity contribution >= 4 is 23.9 Å². The summed E-state index contributed by atoms with van der Waals surface area (Å²) in [5, 5.41) is 13.9. The lowest BCUT2D eigenvalue weighted by Gasteiger charge is -2.13. The third kappa shape index (κ3) is 5.71. The number of ether oxygens (including phenoxy) is 1. The Balaban J connectivity index is 2.25. The van der Waals surface area contributed by atoms with Gasteiger partial charge in [0.05, 0.1) is 7.11 Å². The van der Waals surface area contributed by atoms with Crippen molar-refractivity contribution in [3.8, 4) is 5.75 Å². The summed E-state index contributed by atoms with van der Waals surface area (Å²) in [4.78, 5) is 35.9. The quantitative estimate of drug-likeness (QED) is 0.649. The van der Waals surface area contributed by atoms with E-state index in [9.17, 15) is 14.4 Å². The number of carboxylic acids is 1. The maximum absolute atomic E-state index is 12.5. The van der Waals surface area contributed by atoms with E-state index in [1.807, 2.05) is 6.07 Å². The average molecular weight is 368 g/mol. The second-order valence-corrected chi connectivity index (χ2v) is 5.68. The predicted octanol–water partition coefficient (Wildman–Crippen LogP) is 2.06. The number of nitrogens with one attached hydrogen (secondary N) is 2. The van der Waals surface area contributed by atoms with Crippen molar-refractivity contribution in [2.75, 3.05) is 7.11 Å². The van der Waals surface area contributed by atoms with Gasteiger partial charge in [-0.2, -0.15) is 0 Å². The number of benzene rings is 2. The first-order chi connectivity index (χ1) is 12.9. The molecule has 2 aromatic carbocycles. The fraction of sp³-hybridized carbons (Fsp3) is 0.150. The molecule has 0 aliphatic heterocycles. The zero-order valence-corrected chi connectivity index (χ0v) is 14.9. The highest BCUT2D eigenvalue weighted by Crippen LogP contribution is 2.12. The fourth-order valence-corrected chi connectivity index (χ4v) is 2.15. The summed E-state index contributed by atoms with van der Waals surface area (Å²) < 4.78 is 5.05. The monoisotopic (exact) mass is 368 g/mol. The van der Waals surface area contributed by atoms with Gasteiger partial charge in [0, 0.05) is 5.56 Å². The van der Waals surface area contributed by atoms with E-state index in [1.54, 1.807) is 48.5 Å². The van der Waals surface area contributed by atoms with Crippen LogP contribution in [0.4, 0.5) is 0 Å². The number of hydrogen-bond donors (Lipinski definition) is 3. The van der Waals surface area contributed by atoms with E-state index >= 15 is 0 Å². The maximum atomic E-state index is 12.5. The highest BCUT2D eigenvalue weighted by molar-refractivity contribution is 6.06. The van der Waals surface area contributed by atoms with E-state index in [0.29, 0.717) is 16.9 Å². The topological polar surface area (TPSA) is 105 Å². The molecule has 3 N–H and O–H groups in total. The summed E-state index contributed by atoms with van der Waals surface area (Å²) in [7, 11) is 1.52. The Hall–Kier alpha value is -3.61. The molecule has 0 heterocycles. The molecule has 2 amide bonds. The first-order valence-electron chi connectivity index (χ1n) is 8.16. The zero-order chi connectivity index (χ0) is 19.8. The number of methoxy groups -OCH3 is 1. The van der Waals surface area contributed by atoms with Gasteiger partial charge in [0.15, 0.2) is 0 Å². The molecule has 7 heteroatoms. The standard InChI is InChI=1S/C20H20N2O5/c1-13(20(25)26)21-19(24)17(12-14-6-4-3-5-7-14)22-18(23)15-8-10-16(27-2)11-9-15/h3-13H,1-2H3,(H,21,24)(H,22,23)(H,25,26)/b17-12+/t13-/m1/s1. The molecular formula is C20H20N2O5. The number of carboxylic acid groups (broad SMARTS) is 1. The van der Waals surface area contributed by atoms with Gasteiger partial charge in [0.1, 0.15) is 17.5 Å². The Morgan fingerprint density at radius 3 is 2.22 bits per heavy atom. The van der Waals surface area contributed by atoms with Crippen LogP contribution >= 0.6 is 0 Å². The molecule has 7 nitrogen and oxygen atoms in total. The third-order valence-corrected chi connectivity index (χ3v) is 3.67. The van der Waals surface area contributed by atoms with Crippen molar-refractivity contribution in [2.45, 2.75) is 13.0 Å². The van der Waals surface area contributed by atoms with Crippen molar-refractivity contribution in [3.63, 3.8) is 0 Å². The van der Waals surface area contributed by atoms with Crippen LogP contribution in [0.1, 0.15) is 22.8 Å². The molecule has 0 saturated carbocycles. The lowest BCUT2D eigenvalue weighted by Crippen LogP contribution is -2.42. The fourth-order valence-electron chi connectivity index (χ4n) is 2.15. The van der Waals surface area contributed by atoms with Crippen LogP contribution < -0.4 is 15.4 Å². The first kappa shape index (κ1) is 19.7. The van der Waals surface area contributed by atoms with Gasteiger partial charge < -0.3 is 20.5 Å². The van der Waals surface area contributed by atoms with Crippen LogP contribution in [0.2, 0.25) is 0 Å². The Morgan fingerprint density at radius 2 is 1.67 bits per heavy atom. The molecule has 0 radical (unpaired) electrons. The van der Waals surface area contributed by atoms with Crippen LogP contribution in [0.3, 0.4) is 0 Å². The largest absolute Gasteiger partial charge is 0.497 e. The van der Waals surface area contributed by atoms with E-state index in [1.165, 1.54) is 20.1 Å². The van der Waals surface area contributed by atoms with Crippen molar-refractivity contribution in [2.24, 2.45) is 0 Å². The summed E-state index contributed by atoms with van der Waals surface area (Å²) in [6.45, 7) is 1.34. The summed E-state index contributed by atoms with van der Waals surface area (Å²) in [5.74, 6) is -1.78. The van der Waals surface area contributed by atoms with Gasteiger partial charge in [0.2, 0.25) is 0 Å². The van der Waals surface area contributed by atoms with Crippen molar-refractivity contribution in [1.82, 2.24) is 10.6 Å². The van der Waals surface area contributed by atoms with Gasteiger partial charge in [-0.3, -0.25) is 14.4 Å². The van der Waals surface area contributed by atoms with Gasteiger partial charge in [-0.05, 0) is 42.8 Å². The van der Waals surface area contributed by atoms with Crippen LogP contribution in [-0.4, -0.2) is 36.0 Å². The Kier molecular flexibility index (Phi) is 6.71. The SMILES string of the molecule is COc1ccc(C(=O)N/C(=C/c2ccccc2)C(=O)N[C@H](C)C(=O)O)cc1. The minimum Gasteiger partial charge on any atom is -0.497 e. The minimum absolute atomic E-state index is 0.0601. The van der Waals surface area contributed by atoms with Gasteiger partial charge in [0.25, 0.3) is 11.8 Å². The highest BCUT2D eigenvalue weighted by atomic mass is 16.5. The number of carbonyl (C=O) groups excluding carboxylic acids is 2. The Labute approximate surface area is 156 Å². The zero-order valence-electron chi connectivity index (χ0n) is 14.9. The molecule has 0 aromatic heterocycles. The van der Waals surface area contributed by atoms with E-state index in [-0.39, 0.29) is 5.70 Å². The molecule has 27 heavy (non-hydrogen) atoms. The predicted molar refractivity (Wildman–Crippen MR) is 100 cm³/mol. The molecule has 0 aliphatic rings. The first-order valence-corrected chi connectivity index (χ1v) is 8.16. The smallest absolute Gasteiger partial charge is 0.325 e. The van der Waals surface area contributed by atoms with Gasteiger partial charge in [-0.15, -0.1) is 0 Å². The lowest BCUT2D eigenvalue weighted by atomic mass is 10.1. The molecule has 0 unspecified atom stereocenters. The molecule has 0 saturated heterocycles. The number of aliphatic carboxylic acids is 1. The summed E-state index contributed by atoms with van der Waals surface area (Å²) in [6.07, 6.45) is 1.48. The van der Waals surface area contributed by atoms with Gasteiger partial charge >= 0.3 is 5.97 Å². The van der Waals surface area contributed by atoms with Crippen LogP contribution in [0.25, 0.3) is 6.08 Å². The molecular weight excluding hydrogens is 348 g/mol. The Morgan fingerprint density at radius 1 is 1.04 bits per heavy atom. The normalized spacial score (nSPS) is 12.0. The molecule has 0 fully saturated rings. The maximum Gasteiger partial charge on any atom is 0.325 e. The van der Waals surface area contributed by atoms with Crippen LogP contribution in [0.5, 0.6) is 5.75 Å². The summed E-state index contributed by atoms with van der Waals surface area (Å²) >= 11 is 0. The van der Waals surface area contributed by atoms with Crippen molar-refractivity contribution < 1.29 is 24.2 Å². The van der Waals surface area contributed by atoms with Crippen LogP contribution in [0, 0.1) is 0 Å². The number of carbonyl (C=O) groups is 3. The number of hydrogen-bond acceptors (Lipinski definition) is 4. The number of amides is 2. The van der Waals surface area contributed by atoms with Crippen molar-refractivity contribution in [1.29, 1.82) is 0 Å². The van der Waals surface area contributed by atoms with Gasteiger partial charge in [-0.25, -0.2) is 0 Å². The van der Waals surface area contributed by atoms with Crippen LogP contribution in [-0.2, 0) is 9.59 Å². The molecule has 0 spiro atoms. The molecule has 0 bridgehead atoms. The second-order valence-electron chi connectivity index (χ2n) is 5.68. The van der Waals surface area contributed by atoms with Crippen LogP contribution in [0.15, 0.2) is 60.3 Å². The molecule has 2 rings (SSSR count). The van der Waals surface area contributed by atoms with Crippen molar-refractivity contribution in [3.05, 3.63) is 71.4 Å². The molecule has 0 aliphatic carbocycles. The Bertz CT molecular complexity index is 844. The summed E-state index contributed by atoms with van der Waals surface area (Å²) in [6, 6.07) is 14.2. The summed E-state index contributed by atoms with van der Waals surface area (Å²) in [5.41, 5.74) is 0.949. The van der Waals surface area contributed by atoms with E-state index in [0.717, 1.165) is 0 Å². The average Bonchev–Trinajstić information content (AvgIpc) is 2.68. The minimum atomic E-state index is -1.18. The van der Waals surface area contributed by atoms with E-state index in [2.05, 4.69) is 10.6 Å². The second kappa shape index (κ2) is 9.19. The molecule has 140 valence electrons.